The van der Waals surface area contributed by atoms with Gasteiger partial charge >= 0.3 is 0 Å². The number of nitrogen functional groups attached to an aromatic ring is 1. The van der Waals surface area contributed by atoms with Gasteiger partial charge in [0.1, 0.15) is 6.54 Å². The Morgan fingerprint density at radius 2 is 2.18 bits per heavy atom. The molecular formula is C16H22N4O2. The molecule has 0 aromatic heterocycles. The van der Waals surface area contributed by atoms with Crippen LogP contribution in [-0.2, 0) is 9.59 Å². The molecule has 6 heteroatoms. The smallest absolute Gasteiger partial charge is 0.259 e. The molecule has 1 heterocycles. The van der Waals surface area contributed by atoms with Gasteiger partial charge in [-0.1, -0.05) is 18.6 Å². The number of rotatable bonds is 4. The molecule has 2 amide bonds. The second kappa shape index (κ2) is 7.59. The van der Waals surface area contributed by atoms with Crippen molar-refractivity contribution in [3.05, 3.63) is 29.8 Å². The Bertz CT molecular complexity index is 583. The van der Waals surface area contributed by atoms with Crippen LogP contribution in [0.5, 0.6) is 0 Å². The molecule has 22 heavy (non-hydrogen) atoms. The Hall–Kier alpha value is -2.37. The molecular weight excluding hydrogens is 280 g/mol. The zero-order valence-electron chi connectivity index (χ0n) is 12.8. The fourth-order valence-corrected chi connectivity index (χ4v) is 2.39. The summed E-state index contributed by atoms with van der Waals surface area (Å²) >= 11 is 0. The summed E-state index contributed by atoms with van der Waals surface area (Å²) in [5.41, 5.74) is 10.4. The van der Waals surface area contributed by atoms with E-state index in [-0.39, 0.29) is 18.4 Å². The van der Waals surface area contributed by atoms with E-state index in [0.29, 0.717) is 24.4 Å². The third kappa shape index (κ3) is 4.58. The maximum Gasteiger partial charge on any atom is 0.259 e. The molecule has 0 atom stereocenters. The molecule has 1 aliphatic heterocycles. The average Bonchev–Trinajstić information content (AvgIpc) is 2.70. The van der Waals surface area contributed by atoms with Crippen LogP contribution in [0.25, 0.3) is 0 Å². The van der Waals surface area contributed by atoms with Crippen molar-refractivity contribution in [1.29, 1.82) is 0 Å². The number of benzene rings is 1. The maximum atomic E-state index is 11.9. The number of hydrazone groups is 1. The molecule has 0 radical (unpaired) electrons. The van der Waals surface area contributed by atoms with Gasteiger partial charge in [-0.3, -0.25) is 9.59 Å². The summed E-state index contributed by atoms with van der Waals surface area (Å²) in [7, 11) is 0. The molecule has 0 aliphatic carbocycles. The van der Waals surface area contributed by atoms with Gasteiger partial charge < -0.3 is 10.6 Å². The van der Waals surface area contributed by atoms with E-state index in [1.807, 2.05) is 12.1 Å². The molecule has 6 nitrogen and oxygen atoms in total. The zero-order chi connectivity index (χ0) is 15.9. The van der Waals surface area contributed by atoms with Gasteiger partial charge in [0.15, 0.2) is 0 Å². The zero-order valence-corrected chi connectivity index (χ0v) is 12.8. The van der Waals surface area contributed by atoms with Crippen LogP contribution in [-0.4, -0.2) is 35.5 Å². The monoisotopic (exact) mass is 302 g/mol. The maximum absolute atomic E-state index is 11.9. The van der Waals surface area contributed by atoms with Gasteiger partial charge in [-0.15, -0.1) is 0 Å². The van der Waals surface area contributed by atoms with E-state index in [0.717, 1.165) is 24.8 Å². The lowest BCUT2D eigenvalue weighted by Crippen LogP contribution is -2.39. The predicted molar refractivity (Wildman–Crippen MR) is 86.3 cm³/mol. The van der Waals surface area contributed by atoms with E-state index in [9.17, 15) is 9.59 Å². The first-order valence-corrected chi connectivity index (χ1v) is 7.53. The Labute approximate surface area is 130 Å². The molecule has 3 N–H and O–H groups in total. The van der Waals surface area contributed by atoms with Gasteiger partial charge in [-0.25, -0.2) is 5.43 Å². The lowest BCUT2D eigenvalue weighted by Gasteiger charge is -2.19. The van der Waals surface area contributed by atoms with Gasteiger partial charge in [0.05, 0.1) is 5.71 Å². The Morgan fingerprint density at radius 1 is 1.36 bits per heavy atom. The third-order valence-corrected chi connectivity index (χ3v) is 3.66. The van der Waals surface area contributed by atoms with Gasteiger partial charge in [-0.2, -0.15) is 5.10 Å². The average molecular weight is 302 g/mol. The van der Waals surface area contributed by atoms with Crippen LogP contribution >= 0.6 is 0 Å². The van der Waals surface area contributed by atoms with Crippen LogP contribution in [0.1, 0.15) is 38.2 Å². The molecule has 1 aromatic rings. The Morgan fingerprint density at radius 3 is 2.95 bits per heavy atom. The van der Waals surface area contributed by atoms with Crippen LogP contribution in [0.15, 0.2) is 29.4 Å². The van der Waals surface area contributed by atoms with Crippen molar-refractivity contribution in [2.45, 2.75) is 32.6 Å². The van der Waals surface area contributed by atoms with Gasteiger partial charge in [0.25, 0.3) is 5.91 Å². The lowest BCUT2D eigenvalue weighted by atomic mass is 10.1. The summed E-state index contributed by atoms with van der Waals surface area (Å²) < 4.78 is 0. The van der Waals surface area contributed by atoms with Crippen molar-refractivity contribution < 1.29 is 9.59 Å². The number of amides is 2. The van der Waals surface area contributed by atoms with Crippen LogP contribution in [0.4, 0.5) is 5.69 Å². The van der Waals surface area contributed by atoms with Crippen LogP contribution in [0, 0.1) is 0 Å². The minimum atomic E-state index is -0.279. The number of likely N-dealkylation sites (tertiary alicyclic amines) is 1. The first kappa shape index (κ1) is 16.0. The number of nitrogens with two attached hydrogens (primary N) is 1. The summed E-state index contributed by atoms with van der Waals surface area (Å²) in [5, 5.41) is 4.07. The van der Waals surface area contributed by atoms with E-state index in [1.54, 1.807) is 24.0 Å². The normalized spacial score (nSPS) is 16.3. The second-order valence-electron chi connectivity index (χ2n) is 5.48. The van der Waals surface area contributed by atoms with E-state index < -0.39 is 0 Å². The summed E-state index contributed by atoms with van der Waals surface area (Å²) in [4.78, 5) is 25.4. The number of nitrogens with zero attached hydrogens (tertiary/aromatic N) is 2. The van der Waals surface area contributed by atoms with Crippen molar-refractivity contribution in [2.75, 3.05) is 18.8 Å². The van der Waals surface area contributed by atoms with Gasteiger partial charge in [0, 0.05) is 18.7 Å². The fraction of sp³-hybridized carbons (Fsp3) is 0.438. The first-order chi connectivity index (χ1) is 10.6. The van der Waals surface area contributed by atoms with Crippen molar-refractivity contribution >= 4 is 23.2 Å². The van der Waals surface area contributed by atoms with E-state index in [2.05, 4.69) is 10.5 Å². The number of hydrogen-bond donors (Lipinski definition) is 2. The highest BCUT2D eigenvalue weighted by Crippen LogP contribution is 2.10. The number of carbonyl (C=O) groups excluding carboxylic acids is 2. The number of hydrogen-bond acceptors (Lipinski definition) is 4. The SMILES string of the molecule is C/C(=N/NC(=O)CN1CCCCCC1=O)c1cccc(N)c1. The standard InChI is InChI=1S/C16H22N4O2/c1-12(13-6-5-7-14(17)10-13)18-19-15(21)11-20-9-4-2-3-8-16(20)22/h5-7,10H,2-4,8-9,11,17H2,1H3,(H,19,21)/b18-12-. The summed E-state index contributed by atoms with van der Waals surface area (Å²) in [6, 6.07) is 7.30. The summed E-state index contributed by atoms with van der Waals surface area (Å²) in [6.45, 7) is 2.50. The van der Waals surface area contributed by atoms with Crippen molar-refractivity contribution in [2.24, 2.45) is 5.10 Å². The summed E-state index contributed by atoms with van der Waals surface area (Å²) in [5.74, 6) is -0.234. The molecule has 1 aromatic carbocycles. The van der Waals surface area contributed by atoms with Gasteiger partial charge in [-0.05, 0) is 37.5 Å². The highest BCUT2D eigenvalue weighted by Gasteiger charge is 2.18. The molecule has 2 rings (SSSR count). The largest absolute Gasteiger partial charge is 0.399 e. The molecule has 0 bridgehead atoms. The first-order valence-electron chi connectivity index (χ1n) is 7.53. The van der Waals surface area contributed by atoms with E-state index in [4.69, 9.17) is 5.73 Å². The molecule has 1 saturated heterocycles. The molecule has 1 aliphatic rings. The number of anilines is 1. The summed E-state index contributed by atoms with van der Waals surface area (Å²) in [6.07, 6.45) is 3.42. The van der Waals surface area contributed by atoms with Crippen LogP contribution in [0.2, 0.25) is 0 Å². The molecule has 0 saturated carbocycles. The number of carbonyl (C=O) groups is 2. The van der Waals surface area contributed by atoms with Gasteiger partial charge in [0.2, 0.25) is 5.91 Å². The van der Waals surface area contributed by atoms with E-state index >= 15 is 0 Å². The molecule has 1 fully saturated rings. The van der Waals surface area contributed by atoms with Crippen LogP contribution < -0.4 is 11.2 Å². The second-order valence-corrected chi connectivity index (χ2v) is 5.48. The number of nitrogens with one attached hydrogen (secondary N) is 1. The highest BCUT2D eigenvalue weighted by atomic mass is 16.2. The molecule has 118 valence electrons. The van der Waals surface area contributed by atoms with Crippen molar-refractivity contribution in [3.63, 3.8) is 0 Å². The van der Waals surface area contributed by atoms with Crippen molar-refractivity contribution in [3.8, 4) is 0 Å². The minimum absolute atomic E-state index is 0.0455. The Kier molecular flexibility index (Phi) is 5.52. The quantitative estimate of drug-likeness (QED) is 0.502. The van der Waals surface area contributed by atoms with Crippen LogP contribution in [0.3, 0.4) is 0 Å². The fourth-order valence-electron chi connectivity index (χ4n) is 2.39. The van der Waals surface area contributed by atoms with Crippen molar-refractivity contribution in [1.82, 2.24) is 10.3 Å². The third-order valence-electron chi connectivity index (χ3n) is 3.66. The van der Waals surface area contributed by atoms with E-state index in [1.165, 1.54) is 0 Å². The highest BCUT2D eigenvalue weighted by molar-refractivity contribution is 6.00. The molecule has 0 unspecified atom stereocenters. The molecule has 0 spiro atoms. The minimum Gasteiger partial charge on any atom is -0.399 e. The predicted octanol–water partition coefficient (Wildman–Crippen LogP) is 1.51. The Balaban J connectivity index is 1.91. The topological polar surface area (TPSA) is 87.8 Å². The lowest BCUT2D eigenvalue weighted by molar-refractivity contribution is -0.135.